The first-order valence-electron chi connectivity index (χ1n) is 7.58. The van der Waals surface area contributed by atoms with Gasteiger partial charge in [0.1, 0.15) is 0 Å². The standard InChI is InChI=1S/C14H24N4O3S/c1-12-9-15-17(10-12)11-13-5-3-4-8-18(13)14(19)6-7-16-22(2,20)21/h9-10,13,16H,3-8,11H2,1-2H3/t13-/m1/s1. The predicted octanol–water partition coefficient (Wildman–Crippen LogP) is 0.512. The summed E-state index contributed by atoms with van der Waals surface area (Å²) in [7, 11) is -3.24. The van der Waals surface area contributed by atoms with Gasteiger partial charge in [0, 0.05) is 25.7 Å². The molecule has 124 valence electrons. The number of aromatic nitrogens is 2. The number of sulfonamides is 1. The van der Waals surface area contributed by atoms with E-state index in [1.807, 2.05) is 28.9 Å². The van der Waals surface area contributed by atoms with Crippen molar-refractivity contribution in [3.63, 3.8) is 0 Å². The highest BCUT2D eigenvalue weighted by molar-refractivity contribution is 7.88. The average molecular weight is 328 g/mol. The maximum Gasteiger partial charge on any atom is 0.224 e. The Balaban J connectivity index is 1.92. The van der Waals surface area contributed by atoms with Gasteiger partial charge in [0.05, 0.1) is 25.0 Å². The summed E-state index contributed by atoms with van der Waals surface area (Å²) in [6, 6.07) is 0.138. The van der Waals surface area contributed by atoms with E-state index in [0.29, 0.717) is 6.54 Å². The summed E-state index contributed by atoms with van der Waals surface area (Å²) in [6.45, 7) is 3.58. The fraction of sp³-hybridized carbons (Fsp3) is 0.714. The molecule has 1 aromatic heterocycles. The summed E-state index contributed by atoms with van der Waals surface area (Å²) < 4.78 is 26.3. The van der Waals surface area contributed by atoms with Crippen LogP contribution in [0.15, 0.2) is 12.4 Å². The first-order chi connectivity index (χ1) is 10.3. The second kappa shape index (κ2) is 7.23. The summed E-state index contributed by atoms with van der Waals surface area (Å²) in [5, 5.41) is 4.29. The molecule has 1 N–H and O–H groups in total. The Hall–Kier alpha value is -1.41. The molecule has 0 bridgehead atoms. The van der Waals surface area contributed by atoms with Gasteiger partial charge in [0.15, 0.2) is 0 Å². The Morgan fingerprint density at radius 1 is 1.45 bits per heavy atom. The van der Waals surface area contributed by atoms with Gasteiger partial charge in [-0.3, -0.25) is 9.48 Å². The second-order valence-corrected chi connectivity index (χ2v) is 7.73. The van der Waals surface area contributed by atoms with Crippen LogP contribution < -0.4 is 4.72 Å². The van der Waals surface area contributed by atoms with E-state index in [0.717, 1.165) is 37.6 Å². The number of hydrogen-bond donors (Lipinski definition) is 1. The lowest BCUT2D eigenvalue weighted by Crippen LogP contribution is -2.46. The van der Waals surface area contributed by atoms with Crippen LogP contribution >= 0.6 is 0 Å². The third kappa shape index (κ3) is 5.10. The number of hydrogen-bond acceptors (Lipinski definition) is 4. The zero-order valence-electron chi connectivity index (χ0n) is 13.2. The number of nitrogens with zero attached hydrogens (tertiary/aromatic N) is 3. The highest BCUT2D eigenvalue weighted by Gasteiger charge is 2.26. The van der Waals surface area contributed by atoms with E-state index < -0.39 is 10.0 Å². The molecule has 0 radical (unpaired) electrons. The molecule has 7 nitrogen and oxygen atoms in total. The van der Waals surface area contributed by atoms with Crippen molar-refractivity contribution in [1.82, 2.24) is 19.4 Å². The molecule has 0 aromatic carbocycles. The van der Waals surface area contributed by atoms with Crippen molar-refractivity contribution in [2.45, 2.75) is 45.2 Å². The summed E-state index contributed by atoms with van der Waals surface area (Å²) in [5.74, 6) is 0.00438. The summed E-state index contributed by atoms with van der Waals surface area (Å²) in [6.07, 6.45) is 8.15. The molecule has 0 spiro atoms. The average Bonchev–Trinajstić information content (AvgIpc) is 2.83. The Bertz CT molecular complexity index is 611. The molecule has 8 heteroatoms. The van der Waals surface area contributed by atoms with Crippen LogP contribution in [0.1, 0.15) is 31.2 Å². The lowest BCUT2D eigenvalue weighted by molar-refractivity contribution is -0.135. The molecule has 22 heavy (non-hydrogen) atoms. The van der Waals surface area contributed by atoms with Crippen LogP contribution in [0.25, 0.3) is 0 Å². The van der Waals surface area contributed by atoms with E-state index in [9.17, 15) is 13.2 Å². The summed E-state index contributed by atoms with van der Waals surface area (Å²) in [4.78, 5) is 14.2. The van der Waals surface area contributed by atoms with Gasteiger partial charge in [-0.05, 0) is 31.7 Å². The zero-order valence-corrected chi connectivity index (χ0v) is 14.0. The van der Waals surface area contributed by atoms with Crippen molar-refractivity contribution in [2.24, 2.45) is 0 Å². The largest absolute Gasteiger partial charge is 0.338 e. The van der Waals surface area contributed by atoms with E-state index in [-0.39, 0.29) is 24.9 Å². The Morgan fingerprint density at radius 3 is 2.86 bits per heavy atom. The topological polar surface area (TPSA) is 84.3 Å². The zero-order chi connectivity index (χ0) is 16.2. The maximum absolute atomic E-state index is 12.4. The van der Waals surface area contributed by atoms with Crippen LogP contribution in [-0.4, -0.2) is 54.4 Å². The maximum atomic E-state index is 12.4. The number of piperidine rings is 1. The molecule has 0 saturated carbocycles. The van der Waals surface area contributed by atoms with E-state index in [2.05, 4.69) is 9.82 Å². The van der Waals surface area contributed by atoms with Crippen molar-refractivity contribution in [3.05, 3.63) is 18.0 Å². The number of carbonyl (C=O) groups excluding carboxylic acids is 1. The molecule has 0 unspecified atom stereocenters. The molecule has 1 amide bonds. The van der Waals surface area contributed by atoms with Crippen LogP contribution in [0.3, 0.4) is 0 Å². The van der Waals surface area contributed by atoms with Gasteiger partial charge >= 0.3 is 0 Å². The fourth-order valence-corrected chi connectivity index (χ4v) is 3.26. The number of carbonyl (C=O) groups is 1. The number of aryl methyl sites for hydroxylation is 1. The number of likely N-dealkylation sites (tertiary alicyclic amines) is 1. The molecule has 1 aliphatic rings. The molecule has 2 rings (SSSR count). The van der Waals surface area contributed by atoms with Gasteiger partial charge in [0.2, 0.25) is 15.9 Å². The lowest BCUT2D eigenvalue weighted by atomic mass is 10.0. The Kier molecular flexibility index (Phi) is 5.57. The van der Waals surface area contributed by atoms with Crippen molar-refractivity contribution < 1.29 is 13.2 Å². The van der Waals surface area contributed by atoms with Crippen LogP contribution in [-0.2, 0) is 21.4 Å². The number of nitrogens with one attached hydrogen (secondary N) is 1. The Labute approximate surface area is 131 Å². The molecule has 1 aliphatic heterocycles. The van der Waals surface area contributed by atoms with Gasteiger partial charge in [-0.15, -0.1) is 0 Å². The van der Waals surface area contributed by atoms with Crippen LogP contribution in [0.5, 0.6) is 0 Å². The second-order valence-electron chi connectivity index (χ2n) is 5.89. The molecule has 0 aliphatic carbocycles. The molecule has 2 heterocycles. The first-order valence-corrected chi connectivity index (χ1v) is 9.47. The van der Waals surface area contributed by atoms with E-state index in [1.165, 1.54) is 0 Å². The molecular formula is C14H24N4O3S. The summed E-state index contributed by atoms with van der Waals surface area (Å²) >= 11 is 0. The SMILES string of the molecule is Cc1cnn(C[C@H]2CCCCN2C(=O)CCNS(C)(=O)=O)c1. The van der Waals surface area contributed by atoms with E-state index in [1.54, 1.807) is 0 Å². The number of amides is 1. The third-order valence-corrected chi connectivity index (χ3v) is 4.54. The molecule has 1 atom stereocenters. The minimum atomic E-state index is -3.24. The molecular weight excluding hydrogens is 304 g/mol. The van der Waals surface area contributed by atoms with E-state index >= 15 is 0 Å². The number of rotatable bonds is 6. The van der Waals surface area contributed by atoms with Crippen molar-refractivity contribution in [3.8, 4) is 0 Å². The van der Waals surface area contributed by atoms with Gasteiger partial charge < -0.3 is 4.90 Å². The quantitative estimate of drug-likeness (QED) is 0.825. The van der Waals surface area contributed by atoms with Gasteiger partial charge in [-0.25, -0.2) is 13.1 Å². The van der Waals surface area contributed by atoms with Crippen LogP contribution in [0, 0.1) is 6.92 Å². The van der Waals surface area contributed by atoms with Crippen molar-refractivity contribution in [2.75, 3.05) is 19.3 Å². The minimum absolute atomic E-state index is 0.00438. The van der Waals surface area contributed by atoms with Crippen LogP contribution in [0.4, 0.5) is 0 Å². The molecule has 1 fully saturated rings. The van der Waals surface area contributed by atoms with Gasteiger partial charge in [-0.2, -0.15) is 5.10 Å². The fourth-order valence-electron chi connectivity index (χ4n) is 2.79. The van der Waals surface area contributed by atoms with E-state index in [4.69, 9.17) is 0 Å². The highest BCUT2D eigenvalue weighted by atomic mass is 32.2. The summed E-state index contributed by atoms with van der Waals surface area (Å²) in [5.41, 5.74) is 1.10. The lowest BCUT2D eigenvalue weighted by Gasteiger charge is -2.35. The highest BCUT2D eigenvalue weighted by Crippen LogP contribution is 2.19. The van der Waals surface area contributed by atoms with Crippen LogP contribution in [0.2, 0.25) is 0 Å². The molecule has 1 aromatic rings. The monoisotopic (exact) mass is 328 g/mol. The minimum Gasteiger partial charge on any atom is -0.338 e. The predicted molar refractivity (Wildman–Crippen MR) is 83.8 cm³/mol. The normalized spacial score (nSPS) is 19.4. The molecule has 1 saturated heterocycles. The van der Waals surface area contributed by atoms with Gasteiger partial charge in [0.25, 0.3) is 0 Å². The Morgan fingerprint density at radius 2 is 2.23 bits per heavy atom. The smallest absolute Gasteiger partial charge is 0.224 e. The van der Waals surface area contributed by atoms with Crippen molar-refractivity contribution in [1.29, 1.82) is 0 Å². The third-order valence-electron chi connectivity index (χ3n) is 3.81. The van der Waals surface area contributed by atoms with Crippen molar-refractivity contribution >= 4 is 15.9 Å². The van der Waals surface area contributed by atoms with Gasteiger partial charge in [-0.1, -0.05) is 0 Å². The first kappa shape index (κ1) is 17.0.